The maximum atomic E-state index is 13.1. The molecule has 0 aromatic carbocycles. The van der Waals surface area contributed by atoms with E-state index in [1.165, 1.54) is 43.3 Å². The van der Waals surface area contributed by atoms with Gasteiger partial charge in [0.1, 0.15) is 17.1 Å². The van der Waals surface area contributed by atoms with Gasteiger partial charge in [0.15, 0.2) is 0 Å². The molecule has 1 heterocycles. The van der Waals surface area contributed by atoms with Gasteiger partial charge in [0.05, 0.1) is 24.9 Å². The number of amides is 1. The van der Waals surface area contributed by atoms with E-state index >= 15 is 0 Å². The number of hydrogen-bond acceptors (Lipinski definition) is 7. The highest BCUT2D eigenvalue weighted by molar-refractivity contribution is 7.99. The van der Waals surface area contributed by atoms with Crippen LogP contribution < -0.4 is 10.4 Å². The van der Waals surface area contributed by atoms with Crippen molar-refractivity contribution in [2.75, 3.05) is 18.4 Å². The van der Waals surface area contributed by atoms with Gasteiger partial charge in [-0.1, -0.05) is 52.2 Å². The van der Waals surface area contributed by atoms with Crippen LogP contribution in [-0.4, -0.2) is 51.8 Å². The van der Waals surface area contributed by atoms with Crippen molar-refractivity contribution in [1.82, 2.24) is 15.4 Å². The molecular formula is C24H40N4O4S. The molecule has 1 aromatic heterocycles. The zero-order valence-corrected chi connectivity index (χ0v) is 21.7. The molecule has 0 aliphatic heterocycles. The topological polar surface area (TPSA) is 104 Å². The zero-order chi connectivity index (χ0) is 24.9. The number of hydrogen-bond donors (Lipinski definition) is 2. The number of imidazole rings is 1. The number of esters is 1. The molecule has 3 atom stereocenters. The lowest BCUT2D eigenvalue weighted by molar-refractivity contribution is -0.149. The number of unbranched alkanes of at least 4 members (excludes halogenated alkanes) is 1. The number of aromatic nitrogens is 2. The van der Waals surface area contributed by atoms with E-state index in [1.54, 1.807) is 0 Å². The van der Waals surface area contributed by atoms with Crippen LogP contribution in [0.5, 0.6) is 0 Å². The fraction of sp³-hybridized carbons (Fsp3) is 0.667. The van der Waals surface area contributed by atoms with E-state index in [2.05, 4.69) is 35.3 Å². The van der Waals surface area contributed by atoms with Crippen molar-refractivity contribution in [1.29, 1.82) is 0 Å². The maximum Gasteiger partial charge on any atom is 0.327 e. The molecule has 1 rings (SSSR count). The van der Waals surface area contributed by atoms with E-state index < -0.39 is 16.8 Å². The first kappa shape index (κ1) is 28.9. The van der Waals surface area contributed by atoms with E-state index in [-0.39, 0.29) is 18.1 Å². The third-order valence-electron chi connectivity index (χ3n) is 5.80. The summed E-state index contributed by atoms with van der Waals surface area (Å²) in [6.07, 6.45) is 13.3. The van der Waals surface area contributed by atoms with Crippen molar-refractivity contribution in [3.05, 3.63) is 24.7 Å². The number of aromatic amines is 1. The molecule has 0 saturated heterocycles. The summed E-state index contributed by atoms with van der Waals surface area (Å²) < 4.78 is 5.17. The average molecular weight is 481 g/mol. The van der Waals surface area contributed by atoms with Crippen LogP contribution in [0.15, 0.2) is 24.7 Å². The Morgan fingerprint density at radius 1 is 1.33 bits per heavy atom. The number of H-pyrrole nitrogens is 1. The van der Waals surface area contributed by atoms with E-state index in [1.807, 2.05) is 19.3 Å². The first-order chi connectivity index (χ1) is 15.7. The zero-order valence-electron chi connectivity index (χ0n) is 20.8. The molecule has 0 radical (unpaired) electrons. The summed E-state index contributed by atoms with van der Waals surface area (Å²) in [5, 5.41) is 0.838. The number of nitrogens with one attached hydrogen (secondary N) is 2. The van der Waals surface area contributed by atoms with Crippen LogP contribution in [-0.2, 0) is 19.1 Å². The molecule has 0 fully saturated rings. The van der Waals surface area contributed by atoms with Crippen molar-refractivity contribution in [3.8, 4) is 0 Å². The number of anilines is 1. The molecule has 1 amide bonds. The minimum absolute atomic E-state index is 0.0467. The quantitative estimate of drug-likeness (QED) is 0.205. The molecule has 1 aromatic rings. The third-order valence-corrected chi connectivity index (χ3v) is 6.80. The molecule has 9 heteroatoms. The summed E-state index contributed by atoms with van der Waals surface area (Å²) in [7, 11) is 1.33. The number of allylic oxidation sites excluding steroid dienone is 2. The van der Waals surface area contributed by atoms with E-state index in [9.17, 15) is 14.4 Å². The second-order valence-corrected chi connectivity index (χ2v) is 9.44. The molecule has 1 unspecified atom stereocenters. The summed E-state index contributed by atoms with van der Waals surface area (Å²) in [5.41, 5.74) is 1.87. The molecule has 0 spiro atoms. The van der Waals surface area contributed by atoms with Crippen LogP contribution in [0.4, 0.5) is 5.82 Å². The first-order valence-electron chi connectivity index (χ1n) is 11.6. The highest BCUT2D eigenvalue weighted by Crippen LogP contribution is 2.30. The summed E-state index contributed by atoms with van der Waals surface area (Å²) >= 11 is 1.41. The number of nitrogens with zero attached hydrogens (tertiary/aromatic N) is 2. The number of thioether (sulfide) groups is 1. The van der Waals surface area contributed by atoms with Crippen molar-refractivity contribution >= 4 is 35.2 Å². The van der Waals surface area contributed by atoms with Crippen LogP contribution in [0.1, 0.15) is 72.6 Å². The summed E-state index contributed by atoms with van der Waals surface area (Å²) in [6.45, 7) is 7.76. The Hall–Kier alpha value is -2.13. The standard InChI is InChI=1S/C24H40N4O4S/c1-7-9-14-24(23(31)32-5,27-28(19(4)29)22-16-25-17-26-22)15-21(33-6)20(30)13-11-10-12-18(3)8-2/h10-11,16-18,21,27H,7-9,12-15H2,1-6H3,(H,25,26)/t18-,21?,24+/m0/s1. The van der Waals surface area contributed by atoms with Crippen LogP contribution in [0.25, 0.3) is 0 Å². The first-order valence-corrected chi connectivity index (χ1v) is 12.9. The Morgan fingerprint density at radius 2 is 2.06 bits per heavy atom. The molecule has 0 saturated carbocycles. The summed E-state index contributed by atoms with van der Waals surface area (Å²) in [5.74, 6) is 0.223. The van der Waals surface area contributed by atoms with E-state index in [0.29, 0.717) is 24.6 Å². The van der Waals surface area contributed by atoms with Gasteiger partial charge in [-0.05, 0) is 31.4 Å². The second-order valence-electron chi connectivity index (χ2n) is 8.40. The van der Waals surface area contributed by atoms with Gasteiger partial charge in [-0.15, -0.1) is 0 Å². The van der Waals surface area contributed by atoms with Crippen LogP contribution >= 0.6 is 11.8 Å². The van der Waals surface area contributed by atoms with Gasteiger partial charge in [0.2, 0.25) is 5.91 Å². The number of carbonyl (C=O) groups is 3. The number of carbonyl (C=O) groups excluding carboxylic acids is 3. The number of ketones is 1. The fourth-order valence-electron chi connectivity index (χ4n) is 3.47. The van der Waals surface area contributed by atoms with Crippen molar-refractivity contribution in [2.24, 2.45) is 5.92 Å². The van der Waals surface area contributed by atoms with Gasteiger partial charge < -0.3 is 9.72 Å². The van der Waals surface area contributed by atoms with Gasteiger partial charge in [-0.3, -0.25) is 9.59 Å². The molecule has 0 aliphatic carbocycles. The number of rotatable bonds is 16. The highest BCUT2D eigenvalue weighted by Gasteiger charge is 2.44. The average Bonchev–Trinajstić information content (AvgIpc) is 3.34. The predicted molar refractivity (Wildman–Crippen MR) is 134 cm³/mol. The molecule has 186 valence electrons. The van der Waals surface area contributed by atoms with Crippen LogP contribution in [0.3, 0.4) is 0 Å². The number of ether oxygens (including phenoxy) is 1. The minimum atomic E-state index is -1.24. The Labute approximate surface area is 202 Å². The Bertz CT molecular complexity index is 769. The lowest BCUT2D eigenvalue weighted by Crippen LogP contribution is -2.62. The Balaban J connectivity index is 3.18. The van der Waals surface area contributed by atoms with Gasteiger partial charge in [-0.25, -0.2) is 20.2 Å². The lowest BCUT2D eigenvalue weighted by atomic mass is 9.86. The Morgan fingerprint density at radius 3 is 2.58 bits per heavy atom. The molecule has 8 nitrogen and oxygen atoms in total. The maximum absolute atomic E-state index is 13.1. The summed E-state index contributed by atoms with van der Waals surface area (Å²) in [6, 6.07) is 0. The Kier molecular flexibility index (Phi) is 13.1. The number of methoxy groups -OCH3 is 1. The highest BCUT2D eigenvalue weighted by atomic mass is 32.2. The summed E-state index contributed by atoms with van der Waals surface area (Å²) in [4.78, 5) is 45.5. The smallest absolute Gasteiger partial charge is 0.327 e. The van der Waals surface area contributed by atoms with Gasteiger partial charge in [0.25, 0.3) is 0 Å². The molecular weight excluding hydrogens is 440 g/mol. The normalized spacial score (nSPS) is 15.1. The molecule has 0 bridgehead atoms. The minimum Gasteiger partial charge on any atom is -0.468 e. The van der Waals surface area contributed by atoms with Gasteiger partial charge >= 0.3 is 5.97 Å². The van der Waals surface area contributed by atoms with E-state index in [4.69, 9.17) is 4.74 Å². The van der Waals surface area contributed by atoms with Crippen molar-refractivity contribution in [3.63, 3.8) is 0 Å². The van der Waals surface area contributed by atoms with Crippen molar-refractivity contribution < 1.29 is 19.1 Å². The van der Waals surface area contributed by atoms with Crippen LogP contribution in [0.2, 0.25) is 0 Å². The lowest BCUT2D eigenvalue weighted by Gasteiger charge is -2.38. The van der Waals surface area contributed by atoms with Crippen LogP contribution in [0, 0.1) is 5.92 Å². The van der Waals surface area contributed by atoms with Crippen molar-refractivity contribution in [2.45, 2.75) is 83.4 Å². The number of hydrazine groups is 1. The second kappa shape index (κ2) is 14.9. The molecule has 33 heavy (non-hydrogen) atoms. The fourth-order valence-corrected chi connectivity index (χ4v) is 4.28. The molecule has 2 N–H and O–H groups in total. The van der Waals surface area contributed by atoms with Gasteiger partial charge in [-0.2, -0.15) is 11.8 Å². The predicted octanol–water partition coefficient (Wildman–Crippen LogP) is 4.44. The van der Waals surface area contributed by atoms with Gasteiger partial charge in [0, 0.05) is 13.3 Å². The largest absolute Gasteiger partial charge is 0.468 e. The monoisotopic (exact) mass is 480 g/mol. The third kappa shape index (κ3) is 8.97. The molecule has 0 aliphatic rings. The number of Topliss-reactive ketones (excluding diaryl/α,β-unsaturated/α-hetero) is 1. The SMILES string of the molecule is CCCC[C@](CC(SC)C(=O)CC=CC[C@@H](C)CC)(NN(C(C)=O)c1cnc[nH]1)C(=O)OC. The van der Waals surface area contributed by atoms with E-state index in [0.717, 1.165) is 25.7 Å².